The average molecular weight is 275 g/mol. The quantitative estimate of drug-likeness (QED) is 0.900. The minimum Gasteiger partial charge on any atom is -0.490 e. The molecule has 1 aromatic rings. The summed E-state index contributed by atoms with van der Waals surface area (Å²) in [5.41, 5.74) is -0.691. The lowest BCUT2D eigenvalue weighted by Crippen LogP contribution is -2.43. The fraction of sp³-hybridized carbons (Fsp3) is 0.538. The Hall–Kier alpha value is -1.27. The molecule has 0 aliphatic carbocycles. The van der Waals surface area contributed by atoms with Crippen LogP contribution in [0.2, 0.25) is 0 Å². The van der Waals surface area contributed by atoms with E-state index in [1.807, 2.05) is 11.9 Å². The highest BCUT2D eigenvalue weighted by Crippen LogP contribution is 2.31. The number of benzene rings is 1. The Bertz CT molecular complexity index is 419. The predicted octanol–water partition coefficient (Wildman–Crippen LogP) is 2.50. The molecular weight excluding hydrogens is 259 g/mol. The van der Waals surface area contributed by atoms with E-state index in [9.17, 15) is 18.3 Å². The van der Waals surface area contributed by atoms with E-state index in [0.29, 0.717) is 18.7 Å². The molecule has 0 aromatic heterocycles. The maximum atomic E-state index is 12.4. The van der Waals surface area contributed by atoms with Crippen molar-refractivity contribution in [3.05, 3.63) is 29.8 Å². The first-order chi connectivity index (χ1) is 8.86. The SMILES string of the molecule is CN1CCC(Oc2ccc(C(F)(F)F)cc2)CC1O. The molecule has 1 aromatic carbocycles. The third-order valence-corrected chi connectivity index (χ3v) is 3.27. The second kappa shape index (κ2) is 5.38. The molecule has 0 saturated carbocycles. The molecule has 1 aliphatic heterocycles. The van der Waals surface area contributed by atoms with Crippen molar-refractivity contribution in [2.24, 2.45) is 0 Å². The molecule has 1 saturated heterocycles. The first kappa shape index (κ1) is 14.1. The number of piperidine rings is 1. The van der Waals surface area contributed by atoms with E-state index < -0.39 is 18.0 Å². The van der Waals surface area contributed by atoms with E-state index in [2.05, 4.69) is 0 Å². The number of aliphatic hydroxyl groups excluding tert-OH is 1. The van der Waals surface area contributed by atoms with E-state index in [1.165, 1.54) is 12.1 Å². The summed E-state index contributed by atoms with van der Waals surface area (Å²) in [5.74, 6) is 0.398. The number of likely N-dealkylation sites (tertiary alicyclic amines) is 1. The van der Waals surface area contributed by atoms with Gasteiger partial charge in [0.2, 0.25) is 0 Å². The topological polar surface area (TPSA) is 32.7 Å². The van der Waals surface area contributed by atoms with Gasteiger partial charge in [0.15, 0.2) is 0 Å². The maximum absolute atomic E-state index is 12.4. The number of ether oxygens (including phenoxy) is 1. The Morgan fingerprint density at radius 3 is 2.42 bits per heavy atom. The molecule has 3 nitrogen and oxygen atoms in total. The van der Waals surface area contributed by atoms with Crippen LogP contribution in [0, 0.1) is 0 Å². The lowest BCUT2D eigenvalue weighted by atomic mass is 10.1. The summed E-state index contributed by atoms with van der Waals surface area (Å²) in [6.45, 7) is 0.701. The Morgan fingerprint density at radius 2 is 1.89 bits per heavy atom. The molecule has 2 rings (SSSR count). The van der Waals surface area contributed by atoms with E-state index in [1.54, 1.807) is 0 Å². The largest absolute Gasteiger partial charge is 0.490 e. The fourth-order valence-electron chi connectivity index (χ4n) is 2.05. The van der Waals surface area contributed by atoms with Crippen LogP contribution in [-0.2, 0) is 6.18 Å². The van der Waals surface area contributed by atoms with Crippen molar-refractivity contribution in [3.8, 4) is 5.75 Å². The lowest BCUT2D eigenvalue weighted by Gasteiger charge is -2.33. The molecule has 0 radical (unpaired) electrons. The van der Waals surface area contributed by atoms with Crippen LogP contribution in [0.15, 0.2) is 24.3 Å². The smallest absolute Gasteiger partial charge is 0.416 e. The van der Waals surface area contributed by atoms with Gasteiger partial charge in [-0.2, -0.15) is 13.2 Å². The second-order valence-corrected chi connectivity index (χ2v) is 4.75. The first-order valence-electron chi connectivity index (χ1n) is 6.08. The molecule has 1 aliphatic rings. The van der Waals surface area contributed by atoms with Gasteiger partial charge < -0.3 is 9.84 Å². The van der Waals surface area contributed by atoms with Crippen molar-refractivity contribution in [1.29, 1.82) is 0 Å². The summed E-state index contributed by atoms with van der Waals surface area (Å²) < 4.78 is 42.8. The Morgan fingerprint density at radius 1 is 1.26 bits per heavy atom. The average Bonchev–Trinajstić information content (AvgIpc) is 2.33. The first-order valence-corrected chi connectivity index (χ1v) is 6.08. The molecule has 0 spiro atoms. The van der Waals surface area contributed by atoms with E-state index >= 15 is 0 Å². The summed E-state index contributed by atoms with van der Waals surface area (Å²) in [5, 5.41) is 9.67. The molecule has 6 heteroatoms. The monoisotopic (exact) mass is 275 g/mol. The highest BCUT2D eigenvalue weighted by molar-refractivity contribution is 5.29. The van der Waals surface area contributed by atoms with Gasteiger partial charge >= 0.3 is 6.18 Å². The minimum atomic E-state index is -4.33. The number of nitrogens with zero attached hydrogens (tertiary/aromatic N) is 1. The number of rotatable bonds is 2. The van der Waals surface area contributed by atoms with Gasteiger partial charge in [-0.05, 0) is 37.7 Å². The third kappa shape index (κ3) is 3.61. The van der Waals surface area contributed by atoms with Gasteiger partial charge in [0.05, 0.1) is 5.56 Å². The van der Waals surface area contributed by atoms with Crippen LogP contribution < -0.4 is 4.74 Å². The third-order valence-electron chi connectivity index (χ3n) is 3.27. The number of hydrogen-bond acceptors (Lipinski definition) is 3. The summed E-state index contributed by atoms with van der Waals surface area (Å²) in [6, 6.07) is 4.63. The second-order valence-electron chi connectivity index (χ2n) is 4.75. The molecule has 19 heavy (non-hydrogen) atoms. The fourth-order valence-corrected chi connectivity index (χ4v) is 2.05. The van der Waals surface area contributed by atoms with Crippen molar-refractivity contribution in [3.63, 3.8) is 0 Å². The van der Waals surface area contributed by atoms with E-state index in [-0.39, 0.29) is 6.10 Å². The van der Waals surface area contributed by atoms with Gasteiger partial charge in [0.25, 0.3) is 0 Å². The Kier molecular flexibility index (Phi) is 4.01. The van der Waals surface area contributed by atoms with Crippen LogP contribution in [-0.4, -0.2) is 35.9 Å². The number of halogens is 3. The summed E-state index contributed by atoms with van der Waals surface area (Å²) in [4.78, 5) is 1.81. The molecule has 2 unspecified atom stereocenters. The maximum Gasteiger partial charge on any atom is 0.416 e. The molecule has 2 atom stereocenters. The van der Waals surface area contributed by atoms with Gasteiger partial charge in [-0.25, -0.2) is 0 Å². The molecule has 1 heterocycles. The zero-order chi connectivity index (χ0) is 14.0. The van der Waals surface area contributed by atoms with Crippen molar-refractivity contribution in [1.82, 2.24) is 4.90 Å². The van der Waals surface area contributed by atoms with Gasteiger partial charge in [0, 0.05) is 13.0 Å². The van der Waals surface area contributed by atoms with Crippen molar-refractivity contribution in [2.75, 3.05) is 13.6 Å². The number of alkyl halides is 3. The van der Waals surface area contributed by atoms with Crippen molar-refractivity contribution < 1.29 is 23.0 Å². The molecule has 0 amide bonds. The molecule has 1 fully saturated rings. The van der Waals surface area contributed by atoms with Crippen LogP contribution in [0.1, 0.15) is 18.4 Å². The number of aliphatic hydroxyl groups is 1. The Labute approximate surface area is 109 Å². The zero-order valence-corrected chi connectivity index (χ0v) is 10.5. The van der Waals surface area contributed by atoms with Gasteiger partial charge in [-0.15, -0.1) is 0 Å². The molecular formula is C13H16F3NO2. The lowest BCUT2D eigenvalue weighted by molar-refractivity contribution is -0.137. The van der Waals surface area contributed by atoms with Crippen LogP contribution in [0.25, 0.3) is 0 Å². The molecule has 1 N–H and O–H groups in total. The Balaban J connectivity index is 1.97. The van der Waals surface area contributed by atoms with Gasteiger partial charge in [-0.1, -0.05) is 0 Å². The van der Waals surface area contributed by atoms with Crippen LogP contribution in [0.4, 0.5) is 13.2 Å². The highest BCUT2D eigenvalue weighted by atomic mass is 19.4. The van der Waals surface area contributed by atoms with Crippen LogP contribution in [0.5, 0.6) is 5.75 Å². The van der Waals surface area contributed by atoms with Gasteiger partial charge in [-0.3, -0.25) is 4.90 Å². The van der Waals surface area contributed by atoms with Crippen LogP contribution in [0.3, 0.4) is 0 Å². The standard InChI is InChI=1S/C13H16F3NO2/c1-17-7-6-11(8-12(17)18)19-10-4-2-9(3-5-10)13(14,15)16/h2-5,11-12,18H,6-8H2,1H3. The molecule has 0 bridgehead atoms. The zero-order valence-electron chi connectivity index (χ0n) is 10.5. The summed E-state index contributed by atoms with van der Waals surface area (Å²) in [7, 11) is 1.82. The van der Waals surface area contributed by atoms with Gasteiger partial charge in [0.1, 0.15) is 18.1 Å². The summed E-state index contributed by atoms with van der Waals surface area (Å²) >= 11 is 0. The van der Waals surface area contributed by atoms with Crippen molar-refractivity contribution >= 4 is 0 Å². The van der Waals surface area contributed by atoms with E-state index in [0.717, 1.165) is 18.6 Å². The van der Waals surface area contributed by atoms with Crippen molar-refractivity contribution in [2.45, 2.75) is 31.3 Å². The van der Waals surface area contributed by atoms with E-state index in [4.69, 9.17) is 4.74 Å². The highest BCUT2D eigenvalue weighted by Gasteiger charge is 2.30. The summed E-state index contributed by atoms with van der Waals surface area (Å²) in [6.07, 6.45) is -3.86. The van der Waals surface area contributed by atoms with Crippen LogP contribution >= 0.6 is 0 Å². The minimum absolute atomic E-state index is 0.164. The normalized spacial score (nSPS) is 25.3. The molecule has 106 valence electrons. The number of hydrogen-bond donors (Lipinski definition) is 1. The predicted molar refractivity (Wildman–Crippen MR) is 63.7 cm³/mol.